The second kappa shape index (κ2) is 6.30. The monoisotopic (exact) mass is 305 g/mol. The van der Waals surface area contributed by atoms with Gasteiger partial charge in [0.2, 0.25) is 0 Å². The molecular formula is C18H12ClN3. The minimum absolute atomic E-state index is 0.523. The van der Waals surface area contributed by atoms with Crippen LogP contribution in [0.25, 0.3) is 11.1 Å². The Balaban J connectivity index is 1.96. The maximum atomic E-state index is 9.43. The largest absolute Gasteiger partial charge is 0.345 e. The second-order valence-corrected chi connectivity index (χ2v) is 5.15. The van der Waals surface area contributed by atoms with Gasteiger partial charge in [-0.05, 0) is 23.3 Å². The molecule has 0 fully saturated rings. The van der Waals surface area contributed by atoms with E-state index in [4.69, 9.17) is 11.6 Å². The summed E-state index contributed by atoms with van der Waals surface area (Å²) in [6, 6.07) is 19.3. The molecule has 1 aromatic heterocycles. The molecule has 0 unspecified atom stereocenters. The Morgan fingerprint density at radius 1 is 1.05 bits per heavy atom. The average Bonchev–Trinajstić information content (AvgIpc) is 2.97. The molecule has 0 spiro atoms. The molecule has 1 heterocycles. The van der Waals surface area contributed by atoms with Crippen LogP contribution < -0.4 is 0 Å². The van der Waals surface area contributed by atoms with Crippen molar-refractivity contribution in [3.05, 3.63) is 76.9 Å². The molecular weight excluding hydrogens is 294 g/mol. The highest BCUT2D eigenvalue weighted by Crippen LogP contribution is 2.30. The molecule has 0 bridgehead atoms. The van der Waals surface area contributed by atoms with Crippen molar-refractivity contribution in [1.29, 1.82) is 5.26 Å². The van der Waals surface area contributed by atoms with Crippen molar-refractivity contribution in [3.63, 3.8) is 0 Å². The smallest absolute Gasteiger partial charge is 0.148 e. The molecule has 0 saturated carbocycles. The van der Waals surface area contributed by atoms with E-state index in [1.54, 1.807) is 24.5 Å². The summed E-state index contributed by atoms with van der Waals surface area (Å²) in [5.41, 5.74) is 3.25. The molecule has 0 atom stereocenters. The molecule has 1 N–H and O–H groups in total. The van der Waals surface area contributed by atoms with E-state index < -0.39 is 0 Å². The molecule has 22 heavy (non-hydrogen) atoms. The number of nitrogens with one attached hydrogen (secondary N) is 1. The van der Waals surface area contributed by atoms with Gasteiger partial charge in [-0.2, -0.15) is 5.26 Å². The molecule has 3 nitrogen and oxygen atoms in total. The number of halogens is 1. The van der Waals surface area contributed by atoms with Crippen LogP contribution in [0, 0.1) is 11.3 Å². The molecule has 0 amide bonds. The first-order valence-corrected chi connectivity index (χ1v) is 7.12. The average molecular weight is 306 g/mol. The molecule has 3 aromatic rings. The van der Waals surface area contributed by atoms with Gasteiger partial charge >= 0.3 is 0 Å². The number of aromatic nitrogens is 1. The summed E-state index contributed by atoms with van der Waals surface area (Å²) >= 11 is 5.90. The van der Waals surface area contributed by atoms with Crippen molar-refractivity contribution < 1.29 is 0 Å². The lowest BCUT2D eigenvalue weighted by molar-refractivity contribution is 1.33. The zero-order chi connectivity index (χ0) is 15.4. The molecule has 106 valence electrons. The van der Waals surface area contributed by atoms with E-state index in [1.165, 1.54) is 0 Å². The van der Waals surface area contributed by atoms with Gasteiger partial charge in [-0.15, -0.1) is 0 Å². The van der Waals surface area contributed by atoms with Gasteiger partial charge in [0, 0.05) is 23.0 Å². The van der Waals surface area contributed by atoms with Crippen molar-refractivity contribution >= 4 is 23.6 Å². The van der Waals surface area contributed by atoms with Gasteiger partial charge in [-0.3, -0.25) is 0 Å². The summed E-state index contributed by atoms with van der Waals surface area (Å²) in [7, 11) is 0. The standard InChI is InChI=1S/C18H12ClN3/c19-15-8-6-14(7-9-15)17-12-22-18(16(17)10-20)21-11-13-4-2-1-3-5-13/h1-9,11-12,22H. The van der Waals surface area contributed by atoms with Crippen LogP contribution in [-0.2, 0) is 0 Å². The number of rotatable bonds is 3. The number of aliphatic imine (C=N–C) groups is 1. The van der Waals surface area contributed by atoms with Gasteiger partial charge in [0.1, 0.15) is 17.5 Å². The Morgan fingerprint density at radius 2 is 1.77 bits per heavy atom. The van der Waals surface area contributed by atoms with Crippen molar-refractivity contribution in [3.8, 4) is 17.2 Å². The maximum Gasteiger partial charge on any atom is 0.148 e. The van der Waals surface area contributed by atoms with Crippen LogP contribution >= 0.6 is 11.6 Å². The Kier molecular flexibility index (Phi) is 4.04. The minimum atomic E-state index is 0.523. The lowest BCUT2D eigenvalue weighted by Crippen LogP contribution is -1.81. The predicted molar refractivity (Wildman–Crippen MR) is 89.6 cm³/mol. The summed E-state index contributed by atoms with van der Waals surface area (Å²) < 4.78 is 0. The first kappa shape index (κ1) is 14.1. The minimum Gasteiger partial charge on any atom is -0.345 e. The Hall–Kier alpha value is -2.83. The zero-order valence-electron chi connectivity index (χ0n) is 11.6. The number of hydrogen-bond donors (Lipinski definition) is 1. The number of nitrogens with zero attached hydrogens (tertiary/aromatic N) is 2. The fourth-order valence-corrected chi connectivity index (χ4v) is 2.29. The highest BCUT2D eigenvalue weighted by atomic mass is 35.5. The van der Waals surface area contributed by atoms with Crippen molar-refractivity contribution in [2.75, 3.05) is 0 Å². The highest BCUT2D eigenvalue weighted by molar-refractivity contribution is 6.30. The van der Waals surface area contributed by atoms with Crippen LogP contribution in [0.1, 0.15) is 11.1 Å². The van der Waals surface area contributed by atoms with Gasteiger partial charge in [0.05, 0.1) is 0 Å². The third-order valence-corrected chi connectivity index (χ3v) is 3.52. The van der Waals surface area contributed by atoms with Crippen LogP contribution in [0.15, 0.2) is 65.8 Å². The van der Waals surface area contributed by atoms with E-state index in [2.05, 4.69) is 16.0 Å². The van der Waals surface area contributed by atoms with Crippen LogP contribution in [0.2, 0.25) is 5.02 Å². The van der Waals surface area contributed by atoms with Crippen LogP contribution in [0.3, 0.4) is 0 Å². The van der Waals surface area contributed by atoms with Gasteiger partial charge in [-0.25, -0.2) is 4.99 Å². The number of benzene rings is 2. The van der Waals surface area contributed by atoms with E-state index in [1.807, 2.05) is 42.5 Å². The van der Waals surface area contributed by atoms with Gasteiger partial charge in [0.15, 0.2) is 0 Å². The molecule has 0 aliphatic heterocycles. The van der Waals surface area contributed by atoms with Crippen molar-refractivity contribution in [2.24, 2.45) is 4.99 Å². The molecule has 3 rings (SSSR count). The van der Waals surface area contributed by atoms with Gasteiger partial charge in [-0.1, -0.05) is 54.1 Å². The third kappa shape index (κ3) is 2.93. The second-order valence-electron chi connectivity index (χ2n) is 4.71. The van der Waals surface area contributed by atoms with E-state index in [9.17, 15) is 5.26 Å². The fourth-order valence-electron chi connectivity index (χ4n) is 2.16. The van der Waals surface area contributed by atoms with Gasteiger partial charge in [0.25, 0.3) is 0 Å². The lowest BCUT2D eigenvalue weighted by Gasteiger charge is -1.99. The number of nitriles is 1. The summed E-state index contributed by atoms with van der Waals surface area (Å²) in [6.07, 6.45) is 3.53. The molecule has 4 heteroatoms. The van der Waals surface area contributed by atoms with Crippen molar-refractivity contribution in [1.82, 2.24) is 4.98 Å². The fraction of sp³-hybridized carbons (Fsp3) is 0. The summed E-state index contributed by atoms with van der Waals surface area (Å²) in [6.45, 7) is 0. The zero-order valence-corrected chi connectivity index (χ0v) is 12.4. The lowest BCUT2D eigenvalue weighted by atomic mass is 10.1. The third-order valence-electron chi connectivity index (χ3n) is 3.27. The molecule has 0 radical (unpaired) electrons. The van der Waals surface area contributed by atoms with Crippen LogP contribution in [0.5, 0.6) is 0 Å². The molecule has 0 saturated heterocycles. The van der Waals surface area contributed by atoms with E-state index in [-0.39, 0.29) is 0 Å². The molecule has 0 aliphatic rings. The summed E-state index contributed by atoms with van der Waals surface area (Å²) in [5, 5.41) is 10.1. The van der Waals surface area contributed by atoms with Crippen LogP contribution in [0.4, 0.5) is 5.82 Å². The molecule has 2 aromatic carbocycles. The normalized spacial score (nSPS) is 10.7. The SMILES string of the molecule is N#Cc1c(-c2ccc(Cl)cc2)c[nH]c1N=Cc1ccccc1. The Morgan fingerprint density at radius 3 is 2.45 bits per heavy atom. The Bertz CT molecular complexity index is 840. The van der Waals surface area contributed by atoms with Crippen molar-refractivity contribution in [2.45, 2.75) is 0 Å². The molecule has 0 aliphatic carbocycles. The first-order valence-electron chi connectivity index (χ1n) is 6.74. The Labute approximate surface area is 133 Å². The number of H-pyrrole nitrogens is 1. The maximum absolute atomic E-state index is 9.43. The summed E-state index contributed by atoms with van der Waals surface area (Å²) in [4.78, 5) is 7.44. The van der Waals surface area contributed by atoms with E-state index in [0.717, 1.165) is 16.7 Å². The topological polar surface area (TPSA) is 51.9 Å². The highest BCUT2D eigenvalue weighted by Gasteiger charge is 2.11. The predicted octanol–water partition coefficient (Wildman–Crippen LogP) is 4.96. The number of aromatic amines is 1. The van der Waals surface area contributed by atoms with Crippen LogP contribution in [-0.4, -0.2) is 11.2 Å². The van der Waals surface area contributed by atoms with E-state index in [0.29, 0.717) is 16.4 Å². The van der Waals surface area contributed by atoms with Gasteiger partial charge < -0.3 is 4.98 Å². The summed E-state index contributed by atoms with van der Waals surface area (Å²) in [5.74, 6) is 0.552. The first-order chi connectivity index (χ1) is 10.8. The van der Waals surface area contributed by atoms with E-state index >= 15 is 0 Å². The quantitative estimate of drug-likeness (QED) is 0.683. The number of hydrogen-bond acceptors (Lipinski definition) is 2.